The van der Waals surface area contributed by atoms with Gasteiger partial charge < -0.3 is 28.9 Å². The minimum absolute atomic E-state index is 0.0871. The summed E-state index contributed by atoms with van der Waals surface area (Å²) in [5, 5.41) is 11.7. The van der Waals surface area contributed by atoms with E-state index in [2.05, 4.69) is 14.9 Å². The summed E-state index contributed by atoms with van der Waals surface area (Å²) in [5.74, 6) is 0.591. The molecule has 0 aliphatic carbocycles. The number of nitrogens with zero attached hydrogens (tertiary/aromatic N) is 5. The third-order valence-corrected chi connectivity index (χ3v) is 7.36. The van der Waals surface area contributed by atoms with Gasteiger partial charge in [-0.3, -0.25) is 0 Å². The fourth-order valence-electron chi connectivity index (χ4n) is 5.33. The van der Waals surface area contributed by atoms with E-state index in [0.29, 0.717) is 56.3 Å². The van der Waals surface area contributed by atoms with E-state index >= 15 is 0 Å². The number of morpholine rings is 1. The van der Waals surface area contributed by atoms with Gasteiger partial charge in [0.25, 0.3) is 0 Å². The second-order valence-electron chi connectivity index (χ2n) is 11.3. The zero-order valence-electron chi connectivity index (χ0n) is 22.8. The van der Waals surface area contributed by atoms with E-state index in [9.17, 15) is 23.1 Å². The molecule has 40 heavy (non-hydrogen) atoms. The Morgan fingerprint density at radius 2 is 1.88 bits per heavy atom. The molecule has 5 rings (SSSR count). The number of aliphatic hydroxyl groups excluding tert-OH is 1. The maximum Gasteiger partial charge on any atom is 0.416 e. The Balaban J connectivity index is 1.33. The number of hydrogen-bond acceptors (Lipinski definition) is 7. The van der Waals surface area contributed by atoms with Gasteiger partial charge in [0, 0.05) is 31.7 Å². The SMILES string of the molecule is CC(C)(C)OC(=O)N1CCC(Cn2ccc3c(N4CCOC[C@@H]4c4ccc(C(F)(F)F)cc4)ncnc32)C(O)C1. The summed E-state index contributed by atoms with van der Waals surface area (Å²) in [4.78, 5) is 25.1. The first kappa shape index (κ1) is 28.2. The Kier molecular flexibility index (Phi) is 7.66. The molecule has 2 saturated heterocycles. The molecule has 0 spiro atoms. The summed E-state index contributed by atoms with van der Waals surface area (Å²) in [6, 6.07) is 6.78. The van der Waals surface area contributed by atoms with Crippen LogP contribution in [0.15, 0.2) is 42.9 Å². The third-order valence-electron chi connectivity index (χ3n) is 7.36. The van der Waals surface area contributed by atoms with Crippen LogP contribution in [0.1, 0.15) is 44.4 Å². The largest absolute Gasteiger partial charge is 0.444 e. The van der Waals surface area contributed by atoms with Crippen molar-refractivity contribution in [3.05, 3.63) is 54.0 Å². The molecule has 0 radical (unpaired) electrons. The molecule has 2 unspecified atom stereocenters. The molecule has 0 saturated carbocycles. The normalized spacial score (nSPS) is 22.5. The number of β-amino-alcohol motifs (C(OH)–C–C–N with tert-alkyl or cyclic N) is 1. The van der Waals surface area contributed by atoms with Gasteiger partial charge in [-0.25, -0.2) is 14.8 Å². The average Bonchev–Trinajstić information content (AvgIpc) is 3.31. The number of anilines is 1. The van der Waals surface area contributed by atoms with Gasteiger partial charge in [-0.05, 0) is 51.0 Å². The number of ether oxygens (including phenoxy) is 2. The average molecular weight is 562 g/mol. The first-order valence-corrected chi connectivity index (χ1v) is 13.4. The molecule has 2 aromatic heterocycles. The molecule has 9 nitrogen and oxygen atoms in total. The number of likely N-dealkylation sites (tertiary alicyclic amines) is 1. The van der Waals surface area contributed by atoms with Crippen molar-refractivity contribution in [2.45, 2.75) is 57.7 Å². The molecule has 4 heterocycles. The van der Waals surface area contributed by atoms with Crippen LogP contribution in [0, 0.1) is 5.92 Å². The molecule has 0 bridgehead atoms. The van der Waals surface area contributed by atoms with E-state index in [-0.39, 0.29) is 18.5 Å². The van der Waals surface area contributed by atoms with Gasteiger partial charge in [-0.1, -0.05) is 12.1 Å². The van der Waals surface area contributed by atoms with E-state index in [1.807, 2.05) is 37.6 Å². The van der Waals surface area contributed by atoms with E-state index in [1.165, 1.54) is 18.5 Å². The van der Waals surface area contributed by atoms with E-state index < -0.39 is 29.5 Å². The lowest BCUT2D eigenvalue weighted by Gasteiger charge is -2.37. The highest BCUT2D eigenvalue weighted by Gasteiger charge is 2.34. The fraction of sp³-hybridized carbons (Fsp3) is 0.536. The van der Waals surface area contributed by atoms with Crippen LogP contribution in [0.4, 0.5) is 23.8 Å². The lowest BCUT2D eigenvalue weighted by molar-refractivity contribution is -0.137. The number of aliphatic hydroxyl groups is 1. The van der Waals surface area contributed by atoms with Crippen molar-refractivity contribution in [2.75, 3.05) is 37.7 Å². The summed E-state index contributed by atoms with van der Waals surface area (Å²) in [6.07, 6.45) is -1.55. The number of fused-ring (bicyclic) bond motifs is 1. The number of carbonyl (C=O) groups is 1. The van der Waals surface area contributed by atoms with E-state index in [0.717, 1.165) is 17.5 Å². The summed E-state index contributed by atoms with van der Waals surface area (Å²) < 4.78 is 52.4. The van der Waals surface area contributed by atoms with Crippen molar-refractivity contribution >= 4 is 22.9 Å². The van der Waals surface area contributed by atoms with Gasteiger partial charge in [-0.2, -0.15) is 13.2 Å². The Bertz CT molecular complexity index is 1340. The molecular weight excluding hydrogens is 527 g/mol. The summed E-state index contributed by atoms with van der Waals surface area (Å²) >= 11 is 0. The fourth-order valence-corrected chi connectivity index (χ4v) is 5.33. The Hall–Kier alpha value is -3.38. The Morgan fingerprint density at radius 1 is 1.12 bits per heavy atom. The highest BCUT2D eigenvalue weighted by atomic mass is 19.4. The van der Waals surface area contributed by atoms with Crippen molar-refractivity contribution in [3.8, 4) is 0 Å². The number of aromatic nitrogens is 3. The van der Waals surface area contributed by atoms with Crippen molar-refractivity contribution in [3.63, 3.8) is 0 Å². The van der Waals surface area contributed by atoms with Gasteiger partial charge in [-0.15, -0.1) is 0 Å². The number of benzene rings is 1. The number of amides is 1. The van der Waals surface area contributed by atoms with Crippen molar-refractivity contribution in [1.82, 2.24) is 19.4 Å². The van der Waals surface area contributed by atoms with Crippen molar-refractivity contribution in [1.29, 1.82) is 0 Å². The Labute approximate surface area is 230 Å². The third kappa shape index (κ3) is 6.02. The molecule has 2 aliphatic heterocycles. The summed E-state index contributed by atoms with van der Waals surface area (Å²) in [7, 11) is 0. The zero-order chi connectivity index (χ0) is 28.7. The molecule has 1 aromatic carbocycles. The van der Waals surface area contributed by atoms with Crippen LogP contribution in [0.3, 0.4) is 0 Å². The predicted molar refractivity (Wildman–Crippen MR) is 142 cm³/mol. The second kappa shape index (κ2) is 10.9. The van der Waals surface area contributed by atoms with Crippen molar-refractivity contribution < 1.29 is 32.5 Å². The lowest BCUT2D eigenvalue weighted by Crippen LogP contribution is -2.49. The lowest BCUT2D eigenvalue weighted by atomic mass is 9.94. The second-order valence-corrected chi connectivity index (χ2v) is 11.3. The first-order chi connectivity index (χ1) is 18.9. The van der Waals surface area contributed by atoms with Gasteiger partial charge in [0.2, 0.25) is 0 Å². The van der Waals surface area contributed by atoms with Crippen LogP contribution in [0.5, 0.6) is 0 Å². The molecule has 216 valence electrons. The van der Waals surface area contributed by atoms with Crippen LogP contribution >= 0.6 is 0 Å². The Morgan fingerprint density at radius 3 is 2.55 bits per heavy atom. The molecule has 12 heteroatoms. The van der Waals surface area contributed by atoms with Gasteiger partial charge in [0.1, 0.15) is 23.4 Å². The van der Waals surface area contributed by atoms with Crippen molar-refractivity contribution in [2.24, 2.45) is 5.92 Å². The predicted octanol–water partition coefficient (Wildman–Crippen LogP) is 4.65. The highest BCUT2D eigenvalue weighted by molar-refractivity contribution is 5.88. The summed E-state index contributed by atoms with van der Waals surface area (Å²) in [5.41, 5.74) is 0.107. The topological polar surface area (TPSA) is 93.0 Å². The standard InChI is InChI=1S/C28H34F3N5O4/c1-27(2,3)40-26(38)35-10-8-19(23(37)15-35)14-34-11-9-21-24(34)32-17-33-25(21)36-12-13-39-16-22(36)18-4-6-20(7-5-18)28(29,30)31/h4-7,9,11,17,19,22-23,37H,8,10,12-16H2,1-3H3/t19?,22-,23?/m1/s1. The minimum atomic E-state index is -4.40. The zero-order valence-corrected chi connectivity index (χ0v) is 22.8. The quantitative estimate of drug-likeness (QED) is 0.496. The number of carbonyl (C=O) groups excluding carboxylic acids is 1. The summed E-state index contributed by atoms with van der Waals surface area (Å²) in [6.45, 7) is 7.92. The maximum absolute atomic E-state index is 13.1. The van der Waals surface area contributed by atoms with E-state index in [1.54, 1.807) is 4.90 Å². The van der Waals surface area contributed by atoms with Gasteiger partial charge in [0.05, 0.1) is 42.9 Å². The first-order valence-electron chi connectivity index (χ1n) is 13.4. The highest BCUT2D eigenvalue weighted by Crippen LogP contribution is 2.35. The van der Waals surface area contributed by atoms with Gasteiger partial charge >= 0.3 is 12.3 Å². The maximum atomic E-state index is 13.1. The van der Waals surface area contributed by atoms with Crippen LogP contribution < -0.4 is 4.90 Å². The number of piperidine rings is 1. The molecule has 1 N–H and O–H groups in total. The molecule has 1 amide bonds. The number of halogens is 3. The molecule has 2 fully saturated rings. The molecule has 3 aromatic rings. The molecular formula is C28H34F3N5O4. The minimum Gasteiger partial charge on any atom is -0.444 e. The van der Waals surface area contributed by atoms with E-state index in [4.69, 9.17) is 9.47 Å². The van der Waals surface area contributed by atoms with Crippen LogP contribution in [0.25, 0.3) is 11.0 Å². The number of alkyl halides is 3. The smallest absolute Gasteiger partial charge is 0.416 e. The van der Waals surface area contributed by atoms with Crippen LogP contribution in [-0.2, 0) is 22.2 Å². The number of hydrogen-bond donors (Lipinski definition) is 1. The van der Waals surface area contributed by atoms with Crippen LogP contribution in [-0.4, -0.2) is 75.2 Å². The number of rotatable bonds is 4. The van der Waals surface area contributed by atoms with Crippen LogP contribution in [0.2, 0.25) is 0 Å². The molecule has 3 atom stereocenters. The monoisotopic (exact) mass is 561 g/mol. The van der Waals surface area contributed by atoms with Gasteiger partial charge in [0.15, 0.2) is 0 Å². The molecule has 2 aliphatic rings.